The summed E-state index contributed by atoms with van der Waals surface area (Å²) in [5.41, 5.74) is 0.983. The van der Waals surface area contributed by atoms with E-state index in [-0.39, 0.29) is 5.75 Å². The lowest BCUT2D eigenvalue weighted by atomic mass is 10.3. The summed E-state index contributed by atoms with van der Waals surface area (Å²) < 4.78 is 22.8. The standard InChI is InChI=1S/C9H12INO2S/c1-14(12,13)7-6-11-9-5-3-2-4-8(9)10/h2-5,11H,6-7H2,1H3. The molecule has 0 aliphatic heterocycles. The van der Waals surface area contributed by atoms with Crippen LogP contribution in [0, 0.1) is 3.57 Å². The molecule has 1 aromatic carbocycles. The van der Waals surface area contributed by atoms with E-state index in [1.54, 1.807) is 0 Å². The largest absolute Gasteiger partial charge is 0.383 e. The second-order valence-electron chi connectivity index (χ2n) is 3.04. The molecular formula is C9H12INO2S. The summed E-state index contributed by atoms with van der Waals surface area (Å²) in [4.78, 5) is 0. The van der Waals surface area contributed by atoms with Crippen LogP contribution in [0.3, 0.4) is 0 Å². The van der Waals surface area contributed by atoms with E-state index < -0.39 is 9.84 Å². The Bertz CT molecular complexity index is 403. The van der Waals surface area contributed by atoms with Gasteiger partial charge in [0.05, 0.1) is 5.75 Å². The smallest absolute Gasteiger partial charge is 0.149 e. The third-order valence-corrected chi connectivity index (χ3v) is 3.55. The minimum Gasteiger partial charge on any atom is -0.383 e. The van der Waals surface area contributed by atoms with Crippen LogP contribution < -0.4 is 5.32 Å². The maximum Gasteiger partial charge on any atom is 0.149 e. The summed E-state index contributed by atoms with van der Waals surface area (Å²) in [7, 11) is -2.87. The number of hydrogen-bond acceptors (Lipinski definition) is 3. The van der Waals surface area contributed by atoms with Crippen molar-refractivity contribution in [1.29, 1.82) is 0 Å². The van der Waals surface area contributed by atoms with Crippen LogP contribution in [0.4, 0.5) is 5.69 Å². The monoisotopic (exact) mass is 325 g/mol. The molecule has 0 saturated carbocycles. The molecule has 0 unspecified atom stereocenters. The molecule has 0 amide bonds. The molecule has 0 fully saturated rings. The van der Waals surface area contributed by atoms with Gasteiger partial charge in [0, 0.05) is 22.1 Å². The molecule has 0 radical (unpaired) electrons. The van der Waals surface area contributed by atoms with Crippen molar-refractivity contribution < 1.29 is 8.42 Å². The molecule has 0 bridgehead atoms. The Kier molecular flexibility index (Phi) is 4.18. The number of rotatable bonds is 4. The molecule has 0 aliphatic rings. The molecule has 1 rings (SSSR count). The van der Waals surface area contributed by atoms with Gasteiger partial charge >= 0.3 is 0 Å². The number of anilines is 1. The lowest BCUT2D eigenvalue weighted by Crippen LogP contribution is -2.14. The van der Waals surface area contributed by atoms with Crippen LogP contribution in [0.15, 0.2) is 24.3 Å². The van der Waals surface area contributed by atoms with Crippen LogP contribution in [-0.2, 0) is 9.84 Å². The second kappa shape index (κ2) is 4.97. The molecule has 0 saturated heterocycles. The van der Waals surface area contributed by atoms with Gasteiger partial charge in [-0.15, -0.1) is 0 Å². The van der Waals surface area contributed by atoms with Crippen LogP contribution >= 0.6 is 22.6 Å². The van der Waals surface area contributed by atoms with Gasteiger partial charge in [-0.25, -0.2) is 8.42 Å². The third kappa shape index (κ3) is 4.28. The lowest BCUT2D eigenvalue weighted by molar-refractivity contribution is 0.602. The third-order valence-electron chi connectivity index (χ3n) is 1.66. The fourth-order valence-electron chi connectivity index (χ4n) is 0.976. The number of hydrogen-bond donors (Lipinski definition) is 1. The van der Waals surface area contributed by atoms with Crippen molar-refractivity contribution in [2.45, 2.75) is 0 Å². The highest BCUT2D eigenvalue weighted by atomic mass is 127. The molecular weight excluding hydrogens is 313 g/mol. The fourth-order valence-corrected chi connectivity index (χ4v) is 2.03. The maximum absolute atomic E-state index is 10.9. The Hall–Kier alpha value is -0.300. The molecule has 0 heterocycles. The van der Waals surface area contributed by atoms with Gasteiger partial charge in [-0.05, 0) is 34.7 Å². The highest BCUT2D eigenvalue weighted by Crippen LogP contribution is 2.16. The second-order valence-corrected chi connectivity index (χ2v) is 6.46. The molecule has 78 valence electrons. The van der Waals surface area contributed by atoms with Gasteiger partial charge in [0.15, 0.2) is 0 Å². The Labute approximate surface area is 98.0 Å². The molecule has 14 heavy (non-hydrogen) atoms. The Morgan fingerprint density at radius 2 is 2.00 bits per heavy atom. The molecule has 0 atom stereocenters. The van der Waals surface area contributed by atoms with Crippen molar-refractivity contribution in [2.75, 3.05) is 23.9 Å². The Morgan fingerprint density at radius 3 is 2.57 bits per heavy atom. The minimum atomic E-state index is -2.87. The van der Waals surface area contributed by atoms with Crippen LogP contribution in [0.2, 0.25) is 0 Å². The van der Waals surface area contributed by atoms with Gasteiger partial charge in [0.25, 0.3) is 0 Å². The lowest BCUT2D eigenvalue weighted by Gasteiger charge is -2.06. The summed E-state index contributed by atoms with van der Waals surface area (Å²) in [5, 5.41) is 3.08. The summed E-state index contributed by atoms with van der Waals surface area (Å²) >= 11 is 2.21. The van der Waals surface area contributed by atoms with Gasteiger partial charge in [-0.3, -0.25) is 0 Å². The van der Waals surface area contributed by atoms with Gasteiger partial charge in [0.2, 0.25) is 0 Å². The van der Waals surface area contributed by atoms with Crippen LogP contribution in [-0.4, -0.2) is 27.0 Å². The zero-order chi connectivity index (χ0) is 10.6. The fraction of sp³-hybridized carbons (Fsp3) is 0.333. The highest BCUT2D eigenvalue weighted by molar-refractivity contribution is 14.1. The SMILES string of the molecule is CS(=O)(=O)CCNc1ccccc1I. The van der Waals surface area contributed by atoms with Gasteiger partial charge in [0.1, 0.15) is 9.84 Å². The van der Waals surface area contributed by atoms with Gasteiger partial charge in [-0.2, -0.15) is 0 Å². The summed E-state index contributed by atoms with van der Waals surface area (Å²) in [5.74, 6) is 0.165. The first-order chi connectivity index (χ1) is 6.49. The topological polar surface area (TPSA) is 46.2 Å². The van der Waals surface area contributed by atoms with E-state index in [1.165, 1.54) is 6.26 Å². The van der Waals surface area contributed by atoms with Gasteiger partial charge < -0.3 is 5.32 Å². The van der Waals surface area contributed by atoms with Crippen molar-refractivity contribution >= 4 is 38.1 Å². The van der Waals surface area contributed by atoms with E-state index in [2.05, 4.69) is 27.9 Å². The van der Waals surface area contributed by atoms with Crippen molar-refractivity contribution in [2.24, 2.45) is 0 Å². The number of para-hydroxylation sites is 1. The average Bonchev–Trinajstić information content (AvgIpc) is 2.06. The van der Waals surface area contributed by atoms with E-state index in [9.17, 15) is 8.42 Å². The summed E-state index contributed by atoms with van der Waals surface area (Å²) in [6.07, 6.45) is 1.24. The van der Waals surface area contributed by atoms with E-state index in [1.807, 2.05) is 24.3 Å². The van der Waals surface area contributed by atoms with Crippen molar-refractivity contribution in [3.63, 3.8) is 0 Å². The van der Waals surface area contributed by atoms with Gasteiger partial charge in [-0.1, -0.05) is 12.1 Å². The molecule has 0 aromatic heterocycles. The summed E-state index contributed by atoms with van der Waals surface area (Å²) in [6, 6.07) is 7.78. The first-order valence-corrected chi connectivity index (χ1v) is 7.29. The quantitative estimate of drug-likeness (QED) is 0.858. The predicted octanol–water partition coefficient (Wildman–Crippen LogP) is 1.75. The highest BCUT2D eigenvalue weighted by Gasteiger charge is 2.02. The van der Waals surface area contributed by atoms with E-state index in [4.69, 9.17) is 0 Å². The molecule has 5 heteroatoms. The molecule has 1 aromatic rings. The molecule has 0 aliphatic carbocycles. The zero-order valence-electron chi connectivity index (χ0n) is 7.83. The molecule has 0 spiro atoms. The minimum absolute atomic E-state index is 0.165. The van der Waals surface area contributed by atoms with E-state index in [0.29, 0.717) is 6.54 Å². The number of sulfone groups is 1. The Balaban J connectivity index is 2.51. The van der Waals surface area contributed by atoms with Crippen molar-refractivity contribution in [3.8, 4) is 0 Å². The maximum atomic E-state index is 10.9. The van der Waals surface area contributed by atoms with Crippen molar-refractivity contribution in [1.82, 2.24) is 0 Å². The molecule has 3 nitrogen and oxygen atoms in total. The normalized spacial score (nSPS) is 11.3. The van der Waals surface area contributed by atoms with Crippen LogP contribution in [0.25, 0.3) is 0 Å². The van der Waals surface area contributed by atoms with Crippen LogP contribution in [0.5, 0.6) is 0 Å². The number of benzene rings is 1. The first-order valence-electron chi connectivity index (χ1n) is 4.15. The Morgan fingerprint density at radius 1 is 1.36 bits per heavy atom. The summed E-state index contributed by atoms with van der Waals surface area (Å²) in [6.45, 7) is 0.457. The first kappa shape index (κ1) is 11.8. The van der Waals surface area contributed by atoms with Crippen LogP contribution in [0.1, 0.15) is 0 Å². The average molecular weight is 325 g/mol. The van der Waals surface area contributed by atoms with Crippen molar-refractivity contribution in [3.05, 3.63) is 27.8 Å². The number of halogens is 1. The van der Waals surface area contributed by atoms with E-state index in [0.717, 1.165) is 9.26 Å². The van der Waals surface area contributed by atoms with E-state index >= 15 is 0 Å². The predicted molar refractivity (Wildman–Crippen MR) is 67.4 cm³/mol. The zero-order valence-corrected chi connectivity index (χ0v) is 10.8. The number of nitrogens with one attached hydrogen (secondary N) is 1. The molecule has 1 N–H and O–H groups in total.